The van der Waals surface area contributed by atoms with Crippen molar-refractivity contribution in [2.24, 2.45) is 5.10 Å². The van der Waals surface area contributed by atoms with Gasteiger partial charge in [0.15, 0.2) is 0 Å². The van der Waals surface area contributed by atoms with Gasteiger partial charge in [0.05, 0.1) is 18.0 Å². The molecule has 0 radical (unpaired) electrons. The van der Waals surface area contributed by atoms with Crippen molar-refractivity contribution in [1.82, 2.24) is 5.43 Å². The van der Waals surface area contributed by atoms with Gasteiger partial charge in [0.25, 0.3) is 5.91 Å². The van der Waals surface area contributed by atoms with Crippen LogP contribution in [-0.2, 0) is 0 Å². The third kappa shape index (κ3) is 2.81. The number of aryl methyl sites for hydroxylation is 1. The Labute approximate surface area is 99.0 Å². The standard InChI is InChI=1S/C13H12N2O2/c1-10-12(7-8-17-10)13(16)15-14-9-11-5-3-2-4-6-11/h2-9H,1H3,(H,15,16). The lowest BCUT2D eigenvalue weighted by atomic mass is 10.2. The van der Waals surface area contributed by atoms with Crippen molar-refractivity contribution in [2.75, 3.05) is 0 Å². The van der Waals surface area contributed by atoms with Crippen molar-refractivity contribution in [3.63, 3.8) is 0 Å². The molecule has 0 bridgehead atoms. The van der Waals surface area contributed by atoms with Gasteiger partial charge in [-0.3, -0.25) is 4.79 Å². The summed E-state index contributed by atoms with van der Waals surface area (Å²) >= 11 is 0. The van der Waals surface area contributed by atoms with Crippen LogP contribution in [0.15, 0.2) is 52.2 Å². The maximum absolute atomic E-state index is 11.6. The van der Waals surface area contributed by atoms with Gasteiger partial charge in [0, 0.05) is 0 Å². The van der Waals surface area contributed by atoms with E-state index in [4.69, 9.17) is 4.42 Å². The molecule has 1 heterocycles. The van der Waals surface area contributed by atoms with Crippen LogP contribution in [-0.4, -0.2) is 12.1 Å². The van der Waals surface area contributed by atoms with E-state index in [1.807, 2.05) is 30.3 Å². The number of nitrogens with zero attached hydrogens (tertiary/aromatic N) is 1. The highest BCUT2D eigenvalue weighted by Crippen LogP contribution is 2.07. The number of rotatable bonds is 3. The molecule has 4 heteroatoms. The average molecular weight is 228 g/mol. The van der Waals surface area contributed by atoms with Gasteiger partial charge in [0.2, 0.25) is 0 Å². The summed E-state index contributed by atoms with van der Waals surface area (Å²) in [5.74, 6) is 0.306. The molecule has 0 aliphatic rings. The van der Waals surface area contributed by atoms with E-state index in [1.165, 1.54) is 6.26 Å². The third-order valence-corrected chi connectivity index (χ3v) is 2.28. The number of carbonyl (C=O) groups excluding carboxylic acids is 1. The fourth-order valence-corrected chi connectivity index (χ4v) is 1.39. The minimum Gasteiger partial charge on any atom is -0.469 e. The molecule has 86 valence electrons. The molecule has 1 aromatic carbocycles. The quantitative estimate of drug-likeness (QED) is 0.647. The zero-order valence-corrected chi connectivity index (χ0v) is 9.38. The van der Waals surface area contributed by atoms with Gasteiger partial charge in [-0.05, 0) is 18.6 Å². The monoisotopic (exact) mass is 228 g/mol. The Hall–Kier alpha value is -2.36. The van der Waals surface area contributed by atoms with Crippen LogP contribution in [0.25, 0.3) is 0 Å². The van der Waals surface area contributed by atoms with Crippen LogP contribution < -0.4 is 5.43 Å². The Morgan fingerprint density at radius 1 is 1.29 bits per heavy atom. The lowest BCUT2D eigenvalue weighted by molar-refractivity contribution is 0.0953. The van der Waals surface area contributed by atoms with Crippen molar-refractivity contribution in [1.29, 1.82) is 0 Å². The van der Waals surface area contributed by atoms with Gasteiger partial charge in [-0.1, -0.05) is 30.3 Å². The predicted octanol–water partition coefficient (Wildman–Crippen LogP) is 2.35. The largest absolute Gasteiger partial charge is 0.469 e. The number of hydrogen-bond donors (Lipinski definition) is 1. The number of nitrogens with one attached hydrogen (secondary N) is 1. The summed E-state index contributed by atoms with van der Waals surface area (Å²) in [6.07, 6.45) is 3.07. The molecular formula is C13H12N2O2. The molecule has 17 heavy (non-hydrogen) atoms. The van der Waals surface area contributed by atoms with Crippen LogP contribution >= 0.6 is 0 Å². The first-order chi connectivity index (χ1) is 8.27. The Balaban J connectivity index is 1.98. The zero-order valence-electron chi connectivity index (χ0n) is 9.38. The smallest absolute Gasteiger partial charge is 0.274 e. The first-order valence-corrected chi connectivity index (χ1v) is 5.20. The third-order valence-electron chi connectivity index (χ3n) is 2.28. The van der Waals surface area contributed by atoms with Crippen LogP contribution in [0.2, 0.25) is 0 Å². The minimum atomic E-state index is -0.275. The van der Waals surface area contributed by atoms with E-state index in [9.17, 15) is 4.79 Å². The average Bonchev–Trinajstić information content (AvgIpc) is 2.77. The number of furan rings is 1. The molecule has 2 rings (SSSR count). The molecule has 0 saturated heterocycles. The number of hydrazone groups is 1. The zero-order chi connectivity index (χ0) is 12.1. The first kappa shape index (κ1) is 11.1. The van der Waals surface area contributed by atoms with Crippen molar-refractivity contribution in [3.05, 3.63) is 59.5 Å². The van der Waals surface area contributed by atoms with Crippen molar-refractivity contribution in [2.45, 2.75) is 6.92 Å². The Morgan fingerprint density at radius 3 is 2.71 bits per heavy atom. The highest BCUT2D eigenvalue weighted by atomic mass is 16.3. The van der Waals surface area contributed by atoms with E-state index in [1.54, 1.807) is 19.2 Å². The minimum absolute atomic E-state index is 0.275. The highest BCUT2D eigenvalue weighted by Gasteiger charge is 2.09. The molecule has 1 aromatic heterocycles. The van der Waals surface area contributed by atoms with Gasteiger partial charge in [-0.2, -0.15) is 5.10 Å². The Bertz CT molecular complexity index is 529. The molecule has 0 fully saturated rings. The summed E-state index contributed by atoms with van der Waals surface area (Å²) in [6.45, 7) is 1.73. The maximum atomic E-state index is 11.6. The molecule has 0 unspecified atom stereocenters. The maximum Gasteiger partial charge on any atom is 0.274 e. The summed E-state index contributed by atoms with van der Waals surface area (Å²) in [7, 11) is 0. The summed E-state index contributed by atoms with van der Waals surface area (Å²) in [4.78, 5) is 11.6. The van der Waals surface area contributed by atoms with Crippen molar-refractivity contribution >= 4 is 12.1 Å². The summed E-state index contributed by atoms with van der Waals surface area (Å²) in [6, 6.07) is 11.2. The lowest BCUT2D eigenvalue weighted by Crippen LogP contribution is -2.17. The van der Waals surface area contributed by atoms with Crippen LogP contribution in [0, 0.1) is 6.92 Å². The van der Waals surface area contributed by atoms with Gasteiger partial charge < -0.3 is 4.42 Å². The summed E-state index contributed by atoms with van der Waals surface area (Å²) < 4.78 is 5.04. The van der Waals surface area contributed by atoms with E-state index < -0.39 is 0 Å². The molecule has 4 nitrogen and oxygen atoms in total. The van der Waals surface area contributed by atoms with E-state index in [0.717, 1.165) is 5.56 Å². The number of amides is 1. The summed E-state index contributed by atoms with van der Waals surface area (Å²) in [5, 5.41) is 3.87. The van der Waals surface area contributed by atoms with Crippen LogP contribution in [0.5, 0.6) is 0 Å². The van der Waals surface area contributed by atoms with E-state index >= 15 is 0 Å². The predicted molar refractivity (Wildman–Crippen MR) is 64.9 cm³/mol. The van der Waals surface area contributed by atoms with Crippen LogP contribution in [0.3, 0.4) is 0 Å². The second-order valence-electron chi connectivity index (χ2n) is 3.50. The number of benzene rings is 1. The Morgan fingerprint density at radius 2 is 2.06 bits per heavy atom. The molecule has 0 aliphatic carbocycles. The summed E-state index contributed by atoms with van der Waals surface area (Å²) in [5.41, 5.74) is 3.87. The molecule has 0 spiro atoms. The van der Waals surface area contributed by atoms with Gasteiger partial charge >= 0.3 is 0 Å². The molecule has 1 N–H and O–H groups in total. The molecule has 0 saturated carbocycles. The van der Waals surface area contributed by atoms with E-state index in [2.05, 4.69) is 10.5 Å². The Kier molecular flexibility index (Phi) is 3.35. The van der Waals surface area contributed by atoms with Gasteiger partial charge in [0.1, 0.15) is 5.76 Å². The van der Waals surface area contributed by atoms with Crippen LogP contribution in [0.4, 0.5) is 0 Å². The normalized spacial score (nSPS) is 10.6. The molecular weight excluding hydrogens is 216 g/mol. The van der Waals surface area contributed by atoms with Gasteiger partial charge in [-0.15, -0.1) is 0 Å². The SMILES string of the molecule is Cc1occc1C(=O)NN=Cc1ccccc1. The highest BCUT2D eigenvalue weighted by molar-refractivity contribution is 5.95. The van der Waals surface area contributed by atoms with Crippen molar-refractivity contribution < 1.29 is 9.21 Å². The van der Waals surface area contributed by atoms with Gasteiger partial charge in [-0.25, -0.2) is 5.43 Å². The van der Waals surface area contributed by atoms with Crippen molar-refractivity contribution in [3.8, 4) is 0 Å². The van der Waals surface area contributed by atoms with E-state index in [0.29, 0.717) is 11.3 Å². The van der Waals surface area contributed by atoms with Crippen LogP contribution in [0.1, 0.15) is 21.7 Å². The fourth-order valence-electron chi connectivity index (χ4n) is 1.39. The molecule has 1 amide bonds. The molecule has 0 atom stereocenters. The molecule has 2 aromatic rings. The number of carbonyl (C=O) groups is 1. The molecule has 0 aliphatic heterocycles. The number of hydrogen-bond acceptors (Lipinski definition) is 3. The second kappa shape index (κ2) is 5.12. The topological polar surface area (TPSA) is 54.6 Å². The fraction of sp³-hybridized carbons (Fsp3) is 0.0769. The first-order valence-electron chi connectivity index (χ1n) is 5.20. The second-order valence-corrected chi connectivity index (χ2v) is 3.50. The van der Waals surface area contributed by atoms with E-state index in [-0.39, 0.29) is 5.91 Å². The lowest BCUT2D eigenvalue weighted by Gasteiger charge is -1.97.